The lowest BCUT2D eigenvalue weighted by atomic mass is 10.3. The maximum absolute atomic E-state index is 13.3. The predicted octanol–water partition coefficient (Wildman–Crippen LogP) is 4.25. The Kier molecular flexibility index (Phi) is 4.89. The van der Waals surface area contributed by atoms with Gasteiger partial charge >= 0.3 is 0 Å². The molecule has 0 spiro atoms. The van der Waals surface area contributed by atoms with Crippen molar-refractivity contribution >= 4 is 33.3 Å². The Balaban J connectivity index is 2.24. The lowest BCUT2D eigenvalue weighted by Crippen LogP contribution is -2.05. The van der Waals surface area contributed by atoms with Crippen molar-refractivity contribution in [1.82, 2.24) is 9.97 Å². The van der Waals surface area contributed by atoms with Crippen LogP contribution in [0.25, 0.3) is 0 Å². The van der Waals surface area contributed by atoms with Crippen molar-refractivity contribution in [3.8, 4) is 0 Å². The first-order valence-electron chi connectivity index (χ1n) is 6.40. The molecule has 0 unspecified atom stereocenters. The standard InChI is InChI=1S/C14H16BrFN4/c1-3-6-17-13-8-14(19-9(2)18-13)20-12-7-10(16)4-5-11(12)15/h4-5,7-8H,3,6H2,1-2H3,(H2,17,18,19,20). The summed E-state index contributed by atoms with van der Waals surface area (Å²) in [6.45, 7) is 4.76. The third-order valence-corrected chi connectivity index (χ3v) is 3.28. The summed E-state index contributed by atoms with van der Waals surface area (Å²) in [7, 11) is 0. The van der Waals surface area contributed by atoms with Gasteiger partial charge in [-0.3, -0.25) is 0 Å². The Labute approximate surface area is 126 Å². The minimum atomic E-state index is -0.300. The van der Waals surface area contributed by atoms with E-state index in [2.05, 4.69) is 43.5 Å². The third kappa shape index (κ3) is 3.90. The molecule has 2 aromatic rings. The van der Waals surface area contributed by atoms with Gasteiger partial charge in [0.1, 0.15) is 23.3 Å². The van der Waals surface area contributed by atoms with E-state index in [0.717, 1.165) is 23.3 Å². The molecule has 106 valence electrons. The molecule has 1 aromatic carbocycles. The molecule has 0 atom stereocenters. The van der Waals surface area contributed by atoms with Gasteiger partial charge in [0.15, 0.2) is 0 Å². The van der Waals surface area contributed by atoms with E-state index in [1.807, 2.05) is 6.92 Å². The minimum absolute atomic E-state index is 0.300. The van der Waals surface area contributed by atoms with Gasteiger partial charge in [0.05, 0.1) is 5.69 Å². The van der Waals surface area contributed by atoms with E-state index in [1.54, 1.807) is 12.1 Å². The highest BCUT2D eigenvalue weighted by Gasteiger charge is 2.06. The number of hydrogen-bond donors (Lipinski definition) is 2. The molecule has 0 bridgehead atoms. The molecule has 6 heteroatoms. The summed E-state index contributed by atoms with van der Waals surface area (Å²) in [6.07, 6.45) is 1.02. The molecule has 2 rings (SSSR count). The zero-order chi connectivity index (χ0) is 14.5. The molecule has 2 N–H and O–H groups in total. The summed E-state index contributed by atoms with van der Waals surface area (Å²) in [4.78, 5) is 8.61. The number of hydrogen-bond acceptors (Lipinski definition) is 4. The first kappa shape index (κ1) is 14.7. The highest BCUT2D eigenvalue weighted by atomic mass is 79.9. The van der Waals surface area contributed by atoms with Gasteiger partial charge in [0, 0.05) is 17.1 Å². The number of benzene rings is 1. The predicted molar refractivity (Wildman–Crippen MR) is 82.9 cm³/mol. The van der Waals surface area contributed by atoms with Crippen molar-refractivity contribution in [3.63, 3.8) is 0 Å². The number of aryl methyl sites for hydroxylation is 1. The Bertz CT molecular complexity index is 604. The molecule has 1 heterocycles. The van der Waals surface area contributed by atoms with Gasteiger partial charge in [-0.25, -0.2) is 14.4 Å². The van der Waals surface area contributed by atoms with Crippen LogP contribution in [-0.4, -0.2) is 16.5 Å². The summed E-state index contributed by atoms with van der Waals surface area (Å²) >= 11 is 3.38. The normalized spacial score (nSPS) is 10.4. The number of anilines is 3. The molecular weight excluding hydrogens is 323 g/mol. The van der Waals surface area contributed by atoms with Gasteiger partial charge in [0.2, 0.25) is 0 Å². The molecule has 0 amide bonds. The number of halogens is 2. The van der Waals surface area contributed by atoms with E-state index in [-0.39, 0.29) is 5.82 Å². The van der Waals surface area contributed by atoms with Gasteiger partial charge < -0.3 is 10.6 Å². The quantitative estimate of drug-likeness (QED) is 0.855. The second-order valence-corrected chi connectivity index (χ2v) is 5.22. The van der Waals surface area contributed by atoms with Crippen LogP contribution >= 0.6 is 15.9 Å². The number of aromatic nitrogens is 2. The maximum atomic E-state index is 13.3. The van der Waals surface area contributed by atoms with Crippen LogP contribution in [-0.2, 0) is 0 Å². The maximum Gasteiger partial charge on any atom is 0.136 e. The van der Waals surface area contributed by atoms with Crippen LogP contribution < -0.4 is 10.6 Å². The molecule has 0 fully saturated rings. The average Bonchev–Trinajstić information content (AvgIpc) is 2.40. The van der Waals surface area contributed by atoms with Crippen LogP contribution in [0.2, 0.25) is 0 Å². The fourth-order valence-electron chi connectivity index (χ4n) is 1.71. The molecule has 0 radical (unpaired) electrons. The highest BCUT2D eigenvalue weighted by molar-refractivity contribution is 9.10. The second kappa shape index (κ2) is 6.65. The van der Waals surface area contributed by atoms with Gasteiger partial charge in [-0.05, 0) is 47.5 Å². The topological polar surface area (TPSA) is 49.8 Å². The lowest BCUT2D eigenvalue weighted by molar-refractivity contribution is 0.628. The molecule has 0 saturated heterocycles. The van der Waals surface area contributed by atoms with E-state index in [0.29, 0.717) is 17.3 Å². The van der Waals surface area contributed by atoms with Crippen LogP contribution in [0.4, 0.5) is 21.7 Å². The zero-order valence-corrected chi connectivity index (χ0v) is 13.0. The van der Waals surface area contributed by atoms with Crippen molar-refractivity contribution in [2.24, 2.45) is 0 Å². The summed E-state index contributed by atoms with van der Waals surface area (Å²) in [5.74, 6) is 1.74. The smallest absolute Gasteiger partial charge is 0.136 e. The van der Waals surface area contributed by atoms with E-state index >= 15 is 0 Å². The summed E-state index contributed by atoms with van der Waals surface area (Å²) in [6, 6.07) is 6.28. The highest BCUT2D eigenvalue weighted by Crippen LogP contribution is 2.26. The lowest BCUT2D eigenvalue weighted by Gasteiger charge is -2.11. The second-order valence-electron chi connectivity index (χ2n) is 4.36. The fourth-order valence-corrected chi connectivity index (χ4v) is 2.05. The molecule has 0 saturated carbocycles. The van der Waals surface area contributed by atoms with Crippen molar-refractivity contribution < 1.29 is 4.39 Å². The molecule has 0 aliphatic heterocycles. The molecule has 1 aromatic heterocycles. The van der Waals surface area contributed by atoms with Gasteiger partial charge in [0.25, 0.3) is 0 Å². The van der Waals surface area contributed by atoms with Gasteiger partial charge in [-0.1, -0.05) is 6.92 Å². The van der Waals surface area contributed by atoms with Crippen molar-refractivity contribution in [2.45, 2.75) is 20.3 Å². The van der Waals surface area contributed by atoms with Crippen molar-refractivity contribution in [1.29, 1.82) is 0 Å². The molecule has 0 aliphatic carbocycles. The minimum Gasteiger partial charge on any atom is -0.370 e. The van der Waals surface area contributed by atoms with E-state index in [9.17, 15) is 4.39 Å². The average molecular weight is 339 g/mol. The Hall–Kier alpha value is -1.69. The first-order chi connectivity index (χ1) is 9.58. The number of rotatable bonds is 5. The van der Waals surface area contributed by atoms with E-state index in [1.165, 1.54) is 12.1 Å². The Morgan fingerprint density at radius 1 is 1.20 bits per heavy atom. The molecular formula is C14H16BrFN4. The monoisotopic (exact) mass is 338 g/mol. The van der Waals surface area contributed by atoms with Crippen LogP contribution in [0.5, 0.6) is 0 Å². The number of nitrogens with zero attached hydrogens (tertiary/aromatic N) is 2. The Morgan fingerprint density at radius 3 is 2.70 bits per heavy atom. The van der Waals surface area contributed by atoms with E-state index < -0.39 is 0 Å². The van der Waals surface area contributed by atoms with Crippen LogP contribution in [0.15, 0.2) is 28.7 Å². The SMILES string of the molecule is CCCNc1cc(Nc2cc(F)ccc2Br)nc(C)n1. The van der Waals surface area contributed by atoms with Gasteiger partial charge in [-0.15, -0.1) is 0 Å². The summed E-state index contributed by atoms with van der Waals surface area (Å²) in [5.41, 5.74) is 0.629. The summed E-state index contributed by atoms with van der Waals surface area (Å²) < 4.78 is 14.0. The van der Waals surface area contributed by atoms with Crippen LogP contribution in [0, 0.1) is 12.7 Å². The molecule has 4 nitrogen and oxygen atoms in total. The molecule has 20 heavy (non-hydrogen) atoms. The number of nitrogens with one attached hydrogen (secondary N) is 2. The van der Waals surface area contributed by atoms with Crippen LogP contribution in [0.1, 0.15) is 19.2 Å². The zero-order valence-electron chi connectivity index (χ0n) is 11.4. The molecule has 0 aliphatic rings. The largest absolute Gasteiger partial charge is 0.370 e. The van der Waals surface area contributed by atoms with Crippen molar-refractivity contribution in [2.75, 3.05) is 17.2 Å². The third-order valence-electron chi connectivity index (χ3n) is 2.59. The van der Waals surface area contributed by atoms with Crippen molar-refractivity contribution in [3.05, 3.63) is 40.4 Å². The first-order valence-corrected chi connectivity index (χ1v) is 7.19. The van der Waals surface area contributed by atoms with Gasteiger partial charge in [-0.2, -0.15) is 0 Å². The summed E-state index contributed by atoms with van der Waals surface area (Å²) in [5, 5.41) is 6.30. The fraction of sp³-hybridized carbons (Fsp3) is 0.286. The Morgan fingerprint density at radius 2 is 1.95 bits per heavy atom. The van der Waals surface area contributed by atoms with E-state index in [4.69, 9.17) is 0 Å². The van der Waals surface area contributed by atoms with Crippen LogP contribution in [0.3, 0.4) is 0 Å².